The Balaban J connectivity index is 1.81. The second-order valence-corrected chi connectivity index (χ2v) is 8.40. The van der Waals surface area contributed by atoms with Gasteiger partial charge < -0.3 is 14.8 Å². The fraction of sp³-hybridized carbons (Fsp3) is 0.375. The van der Waals surface area contributed by atoms with E-state index in [9.17, 15) is 14.4 Å². The summed E-state index contributed by atoms with van der Waals surface area (Å²) in [6, 6.07) is 14.5. The number of hydrogen-bond donors (Lipinski definition) is 2. The number of nitrogens with one attached hydrogen (secondary N) is 2. The van der Waals surface area contributed by atoms with Gasteiger partial charge in [0.05, 0.1) is 19.3 Å². The number of hydrogen-bond acceptors (Lipinski definition) is 6. The molecule has 2 spiro atoms. The average Bonchev–Trinajstić information content (AvgIpc) is 3.37. The Morgan fingerprint density at radius 2 is 1.90 bits per heavy atom. The van der Waals surface area contributed by atoms with Gasteiger partial charge in [-0.1, -0.05) is 48.0 Å². The molecule has 1 amide bonds. The molecule has 5 rings (SSSR count). The molecule has 31 heavy (non-hydrogen) atoms. The van der Waals surface area contributed by atoms with Crippen LogP contribution < -0.4 is 10.6 Å². The number of fused-ring (bicyclic) bond motifs is 2. The molecule has 7 nitrogen and oxygen atoms in total. The second kappa shape index (κ2) is 6.92. The lowest BCUT2D eigenvalue weighted by molar-refractivity contribution is -0.159. The lowest BCUT2D eigenvalue weighted by atomic mass is 9.62. The van der Waals surface area contributed by atoms with Gasteiger partial charge in [0.25, 0.3) is 0 Å². The van der Waals surface area contributed by atoms with Crippen LogP contribution in [0.3, 0.4) is 0 Å². The van der Waals surface area contributed by atoms with Gasteiger partial charge in [-0.3, -0.25) is 19.7 Å². The van der Waals surface area contributed by atoms with E-state index in [1.807, 2.05) is 55.5 Å². The average molecular weight is 420 g/mol. The Hall–Kier alpha value is -3.19. The maximum absolute atomic E-state index is 13.8. The van der Waals surface area contributed by atoms with Gasteiger partial charge in [-0.05, 0) is 31.0 Å². The number of carbonyl (C=O) groups excluding carboxylic acids is 3. The maximum atomic E-state index is 13.8. The predicted octanol–water partition coefficient (Wildman–Crippen LogP) is 2.39. The van der Waals surface area contributed by atoms with E-state index in [1.54, 1.807) is 6.92 Å². The van der Waals surface area contributed by atoms with Gasteiger partial charge in [0, 0.05) is 12.1 Å². The number of para-hydroxylation sites is 1. The zero-order valence-corrected chi connectivity index (χ0v) is 17.4. The summed E-state index contributed by atoms with van der Waals surface area (Å²) in [6.45, 7) is 4.03. The van der Waals surface area contributed by atoms with Gasteiger partial charge in [-0.25, -0.2) is 0 Å². The van der Waals surface area contributed by atoms with E-state index in [-0.39, 0.29) is 25.5 Å². The molecule has 7 heteroatoms. The quantitative estimate of drug-likeness (QED) is 0.741. The van der Waals surface area contributed by atoms with Gasteiger partial charge in [-0.15, -0.1) is 0 Å². The van der Waals surface area contributed by atoms with Crippen molar-refractivity contribution in [3.05, 3.63) is 65.2 Å². The normalized spacial score (nSPS) is 31.0. The summed E-state index contributed by atoms with van der Waals surface area (Å²) in [5.74, 6) is -2.47. The molecule has 2 saturated heterocycles. The van der Waals surface area contributed by atoms with Crippen LogP contribution >= 0.6 is 0 Å². The number of benzene rings is 2. The Morgan fingerprint density at radius 1 is 1.16 bits per heavy atom. The monoisotopic (exact) mass is 420 g/mol. The van der Waals surface area contributed by atoms with Crippen LogP contribution in [0, 0.1) is 12.8 Å². The minimum atomic E-state index is -1.35. The van der Waals surface area contributed by atoms with E-state index in [2.05, 4.69) is 10.6 Å². The van der Waals surface area contributed by atoms with Crippen molar-refractivity contribution >= 4 is 23.5 Å². The van der Waals surface area contributed by atoms with E-state index in [0.29, 0.717) is 11.3 Å². The first-order valence-electron chi connectivity index (χ1n) is 10.5. The summed E-state index contributed by atoms with van der Waals surface area (Å²) < 4.78 is 10.8. The molecular weight excluding hydrogens is 396 g/mol. The third-order valence-electron chi connectivity index (χ3n) is 6.83. The summed E-state index contributed by atoms with van der Waals surface area (Å²) in [5.41, 5.74) is 0.544. The molecule has 2 N–H and O–H groups in total. The van der Waals surface area contributed by atoms with E-state index < -0.39 is 34.9 Å². The number of esters is 2. The van der Waals surface area contributed by atoms with Gasteiger partial charge >= 0.3 is 11.9 Å². The van der Waals surface area contributed by atoms with Gasteiger partial charge in [0.2, 0.25) is 5.91 Å². The van der Waals surface area contributed by atoms with Crippen LogP contribution in [0.15, 0.2) is 48.5 Å². The highest BCUT2D eigenvalue weighted by Gasteiger charge is 2.75. The Labute approximate surface area is 180 Å². The molecule has 3 heterocycles. The summed E-state index contributed by atoms with van der Waals surface area (Å²) in [6.07, 6.45) is 0.287. The van der Waals surface area contributed by atoms with Crippen molar-refractivity contribution in [2.45, 2.75) is 37.3 Å². The van der Waals surface area contributed by atoms with Crippen LogP contribution in [0.1, 0.15) is 36.1 Å². The highest BCUT2D eigenvalue weighted by Crippen LogP contribution is 2.60. The second-order valence-electron chi connectivity index (χ2n) is 8.40. The fourth-order valence-corrected chi connectivity index (χ4v) is 5.53. The molecule has 2 fully saturated rings. The summed E-state index contributed by atoms with van der Waals surface area (Å²) in [5, 5.41) is 6.36. The van der Waals surface area contributed by atoms with Crippen LogP contribution in [-0.4, -0.2) is 36.6 Å². The predicted molar refractivity (Wildman–Crippen MR) is 112 cm³/mol. The number of cyclic esters (lactones) is 1. The van der Waals surface area contributed by atoms with Gasteiger partial charge in [-0.2, -0.15) is 0 Å². The molecule has 0 aromatic heterocycles. The zero-order chi connectivity index (χ0) is 21.8. The van der Waals surface area contributed by atoms with Crippen LogP contribution in [0.2, 0.25) is 0 Å². The molecule has 2 aromatic carbocycles. The SMILES string of the molecule is CCOC(=O)[C@H]1[C@]2(C(=O)Nc3ccccc32)[C@H](c2ccc(C)cc2)N[C@@]12CCOC2=O. The highest BCUT2D eigenvalue weighted by molar-refractivity contribution is 6.12. The summed E-state index contributed by atoms with van der Waals surface area (Å²) >= 11 is 0. The standard InChI is InChI=1S/C24H24N2O5/c1-3-30-20(27)18-23(12-13-31-22(23)29)26-19(15-10-8-14(2)9-11-15)24(18)16-6-4-5-7-17(16)25-21(24)28/h4-11,18-19,26H,3,12-13H2,1-2H3,(H,25,28)/t18-,19+,23+,24+/m1/s1. The molecule has 0 unspecified atom stereocenters. The number of aryl methyl sites for hydroxylation is 1. The Bertz CT molecular complexity index is 1080. The molecule has 4 atom stereocenters. The van der Waals surface area contributed by atoms with Crippen molar-refractivity contribution in [3.8, 4) is 0 Å². The van der Waals surface area contributed by atoms with Crippen molar-refractivity contribution in [2.24, 2.45) is 5.92 Å². The zero-order valence-electron chi connectivity index (χ0n) is 17.4. The molecule has 2 aromatic rings. The third kappa shape index (κ3) is 2.53. The van der Waals surface area contributed by atoms with E-state index in [1.165, 1.54) is 0 Å². The van der Waals surface area contributed by atoms with E-state index >= 15 is 0 Å². The van der Waals surface area contributed by atoms with Crippen LogP contribution in [0.25, 0.3) is 0 Å². The maximum Gasteiger partial charge on any atom is 0.327 e. The first-order chi connectivity index (χ1) is 14.9. The highest BCUT2D eigenvalue weighted by atomic mass is 16.5. The van der Waals surface area contributed by atoms with E-state index in [4.69, 9.17) is 9.47 Å². The molecular formula is C24H24N2O5. The Morgan fingerprint density at radius 3 is 2.58 bits per heavy atom. The van der Waals surface area contributed by atoms with Crippen molar-refractivity contribution in [3.63, 3.8) is 0 Å². The van der Waals surface area contributed by atoms with Crippen molar-refractivity contribution in [1.82, 2.24) is 5.32 Å². The van der Waals surface area contributed by atoms with Crippen molar-refractivity contribution in [2.75, 3.05) is 18.5 Å². The minimum absolute atomic E-state index is 0.148. The first-order valence-corrected chi connectivity index (χ1v) is 10.5. The lowest BCUT2D eigenvalue weighted by Gasteiger charge is -2.34. The lowest BCUT2D eigenvalue weighted by Crippen LogP contribution is -2.56. The van der Waals surface area contributed by atoms with E-state index in [0.717, 1.165) is 11.1 Å². The number of carbonyl (C=O) groups is 3. The summed E-state index contributed by atoms with van der Waals surface area (Å²) in [7, 11) is 0. The first kappa shape index (κ1) is 19.8. The van der Waals surface area contributed by atoms with Crippen LogP contribution in [0.4, 0.5) is 5.69 Å². The van der Waals surface area contributed by atoms with Gasteiger partial charge in [0.1, 0.15) is 16.9 Å². The van der Waals surface area contributed by atoms with Gasteiger partial charge in [0.15, 0.2) is 0 Å². The molecule has 160 valence electrons. The largest absolute Gasteiger partial charge is 0.466 e. The third-order valence-corrected chi connectivity index (χ3v) is 6.83. The summed E-state index contributed by atoms with van der Waals surface area (Å²) in [4.78, 5) is 40.3. The number of rotatable bonds is 3. The van der Waals surface area contributed by atoms with Crippen LogP contribution in [0.5, 0.6) is 0 Å². The van der Waals surface area contributed by atoms with Crippen molar-refractivity contribution < 1.29 is 23.9 Å². The fourth-order valence-electron chi connectivity index (χ4n) is 5.53. The van der Waals surface area contributed by atoms with Crippen molar-refractivity contribution in [1.29, 1.82) is 0 Å². The number of ether oxygens (including phenoxy) is 2. The number of anilines is 1. The molecule has 0 saturated carbocycles. The Kier molecular flexibility index (Phi) is 4.41. The molecule has 0 radical (unpaired) electrons. The minimum Gasteiger partial charge on any atom is -0.466 e. The smallest absolute Gasteiger partial charge is 0.327 e. The molecule has 3 aliphatic heterocycles. The molecule has 3 aliphatic rings. The molecule has 0 aliphatic carbocycles. The number of amides is 1. The topological polar surface area (TPSA) is 93.7 Å². The molecule has 0 bridgehead atoms. The van der Waals surface area contributed by atoms with Crippen LogP contribution in [-0.2, 0) is 29.3 Å².